The largest absolute Gasteiger partial charge is 0.466 e. The lowest BCUT2D eigenvalue weighted by Gasteiger charge is -2.29. The van der Waals surface area contributed by atoms with Gasteiger partial charge in [-0.3, -0.25) is 9.59 Å². The lowest BCUT2D eigenvalue weighted by Crippen LogP contribution is -2.37. The molecule has 1 amide bonds. The normalized spacial score (nSPS) is 15.1. The number of hydrogen-bond donors (Lipinski definition) is 1. The number of esters is 1. The molecule has 7 nitrogen and oxygen atoms in total. The van der Waals surface area contributed by atoms with Gasteiger partial charge in [-0.1, -0.05) is 37.3 Å². The van der Waals surface area contributed by atoms with Gasteiger partial charge in [-0.15, -0.1) is 0 Å². The Bertz CT molecular complexity index is 1030. The van der Waals surface area contributed by atoms with Gasteiger partial charge >= 0.3 is 5.97 Å². The van der Waals surface area contributed by atoms with Crippen LogP contribution in [0.2, 0.25) is 0 Å². The molecule has 2 aromatic rings. The van der Waals surface area contributed by atoms with E-state index in [0.717, 1.165) is 25.7 Å². The molecule has 2 aromatic carbocycles. The number of carbonyl (C=O) groups is 2. The van der Waals surface area contributed by atoms with Gasteiger partial charge in [0.15, 0.2) is 0 Å². The van der Waals surface area contributed by atoms with Gasteiger partial charge in [0.25, 0.3) is 0 Å². The summed E-state index contributed by atoms with van der Waals surface area (Å²) in [5, 5.41) is 2.75. The summed E-state index contributed by atoms with van der Waals surface area (Å²) < 4.78 is 32.4. The number of amides is 1. The van der Waals surface area contributed by atoms with E-state index in [2.05, 4.69) is 12.2 Å². The maximum Gasteiger partial charge on any atom is 0.305 e. The van der Waals surface area contributed by atoms with Crippen molar-refractivity contribution in [3.63, 3.8) is 0 Å². The Morgan fingerprint density at radius 1 is 0.971 bits per heavy atom. The standard InChI is InChI=1S/C26H34N2O5S/c1-21-16-18-28(19-17-21)34(31,32)24-14-12-23(13-15-24)27-25(29)10-5-11-26(30)33-20-6-9-22-7-3-2-4-8-22/h2-4,7-8,12-15,21H,5-6,9-11,16-20H2,1H3,(H,27,29). The van der Waals surface area contributed by atoms with Crippen LogP contribution in [-0.4, -0.2) is 44.3 Å². The van der Waals surface area contributed by atoms with E-state index in [1.165, 1.54) is 22.0 Å². The molecule has 3 rings (SSSR count). The molecule has 1 saturated heterocycles. The van der Waals surface area contributed by atoms with Crippen LogP contribution in [0.5, 0.6) is 0 Å². The second kappa shape index (κ2) is 12.7. The van der Waals surface area contributed by atoms with Gasteiger partial charge in [0.05, 0.1) is 11.5 Å². The summed E-state index contributed by atoms with van der Waals surface area (Å²) in [6.45, 7) is 3.58. The van der Waals surface area contributed by atoms with Crippen LogP contribution in [0, 0.1) is 5.92 Å². The molecule has 0 atom stereocenters. The van der Waals surface area contributed by atoms with Crippen LogP contribution in [0.25, 0.3) is 0 Å². The number of ether oxygens (including phenoxy) is 1. The van der Waals surface area contributed by atoms with Gasteiger partial charge < -0.3 is 10.1 Å². The molecule has 0 unspecified atom stereocenters. The molecule has 1 heterocycles. The van der Waals surface area contributed by atoms with Crippen molar-refractivity contribution in [1.29, 1.82) is 0 Å². The Labute approximate surface area is 202 Å². The van der Waals surface area contributed by atoms with Gasteiger partial charge in [-0.2, -0.15) is 4.31 Å². The topological polar surface area (TPSA) is 92.8 Å². The zero-order valence-electron chi connectivity index (χ0n) is 19.7. The summed E-state index contributed by atoms with van der Waals surface area (Å²) in [5.74, 6) is 0.0190. The third-order valence-electron chi connectivity index (χ3n) is 6.02. The number of carbonyl (C=O) groups excluding carboxylic acids is 2. The second-order valence-electron chi connectivity index (χ2n) is 8.82. The predicted octanol–water partition coefficient (Wildman–Crippen LogP) is 4.39. The first-order valence-corrected chi connectivity index (χ1v) is 13.4. The zero-order chi connectivity index (χ0) is 24.4. The van der Waals surface area contributed by atoms with Crippen LogP contribution in [-0.2, 0) is 30.8 Å². The smallest absolute Gasteiger partial charge is 0.305 e. The van der Waals surface area contributed by atoms with E-state index >= 15 is 0 Å². The fourth-order valence-corrected chi connectivity index (χ4v) is 5.35. The molecular weight excluding hydrogens is 452 g/mol. The van der Waals surface area contributed by atoms with Crippen molar-refractivity contribution in [3.05, 3.63) is 60.2 Å². The Kier molecular flexibility index (Phi) is 9.65. The van der Waals surface area contributed by atoms with E-state index in [9.17, 15) is 18.0 Å². The molecule has 1 aliphatic rings. The summed E-state index contributed by atoms with van der Waals surface area (Å²) in [5.41, 5.74) is 1.74. The van der Waals surface area contributed by atoms with Crippen molar-refractivity contribution >= 4 is 27.6 Å². The highest BCUT2D eigenvalue weighted by molar-refractivity contribution is 7.89. The minimum Gasteiger partial charge on any atom is -0.466 e. The van der Waals surface area contributed by atoms with Crippen LogP contribution in [0.4, 0.5) is 5.69 Å². The van der Waals surface area contributed by atoms with Crippen molar-refractivity contribution in [1.82, 2.24) is 4.31 Å². The summed E-state index contributed by atoms with van der Waals surface area (Å²) in [4.78, 5) is 24.3. The maximum absolute atomic E-state index is 12.8. The first-order chi connectivity index (χ1) is 16.3. The number of nitrogens with one attached hydrogen (secondary N) is 1. The Morgan fingerprint density at radius 2 is 1.65 bits per heavy atom. The minimum absolute atomic E-state index is 0.185. The monoisotopic (exact) mass is 486 g/mol. The van der Waals surface area contributed by atoms with Gasteiger partial charge in [-0.05, 0) is 67.9 Å². The van der Waals surface area contributed by atoms with Crippen LogP contribution in [0.3, 0.4) is 0 Å². The predicted molar refractivity (Wildman–Crippen MR) is 132 cm³/mol. The fourth-order valence-electron chi connectivity index (χ4n) is 3.88. The first-order valence-electron chi connectivity index (χ1n) is 11.9. The third-order valence-corrected chi connectivity index (χ3v) is 7.93. The number of anilines is 1. The lowest BCUT2D eigenvalue weighted by atomic mass is 10.0. The average Bonchev–Trinajstić information content (AvgIpc) is 2.83. The van der Waals surface area contributed by atoms with Gasteiger partial charge in [0, 0.05) is 31.6 Å². The van der Waals surface area contributed by atoms with Crippen LogP contribution in [0.15, 0.2) is 59.5 Å². The van der Waals surface area contributed by atoms with Crippen LogP contribution >= 0.6 is 0 Å². The number of benzene rings is 2. The molecule has 1 aliphatic heterocycles. The third kappa shape index (κ3) is 7.95. The highest BCUT2D eigenvalue weighted by Gasteiger charge is 2.27. The molecule has 0 aromatic heterocycles. The molecule has 0 spiro atoms. The zero-order valence-corrected chi connectivity index (χ0v) is 20.6. The number of nitrogens with zero attached hydrogens (tertiary/aromatic N) is 1. The lowest BCUT2D eigenvalue weighted by molar-refractivity contribution is -0.143. The van der Waals surface area contributed by atoms with E-state index < -0.39 is 10.0 Å². The molecule has 8 heteroatoms. The van der Waals surface area contributed by atoms with E-state index in [0.29, 0.717) is 37.7 Å². The van der Waals surface area contributed by atoms with Crippen molar-refractivity contribution in [2.75, 3.05) is 25.0 Å². The first kappa shape index (κ1) is 25.9. The molecule has 34 heavy (non-hydrogen) atoms. The number of hydrogen-bond acceptors (Lipinski definition) is 5. The van der Waals surface area contributed by atoms with Gasteiger partial charge in [-0.25, -0.2) is 8.42 Å². The second-order valence-corrected chi connectivity index (χ2v) is 10.8. The number of sulfonamides is 1. The van der Waals surface area contributed by atoms with E-state index in [-0.39, 0.29) is 29.6 Å². The van der Waals surface area contributed by atoms with Crippen molar-refractivity contribution in [3.8, 4) is 0 Å². The molecule has 0 aliphatic carbocycles. The number of aryl methyl sites for hydroxylation is 1. The summed E-state index contributed by atoms with van der Waals surface area (Å²) in [7, 11) is -3.51. The van der Waals surface area contributed by atoms with Crippen molar-refractivity contribution in [2.24, 2.45) is 5.92 Å². The summed E-state index contributed by atoms with van der Waals surface area (Å²) >= 11 is 0. The number of rotatable bonds is 11. The average molecular weight is 487 g/mol. The van der Waals surface area contributed by atoms with E-state index in [1.54, 1.807) is 12.1 Å². The molecular formula is C26H34N2O5S. The summed E-state index contributed by atoms with van der Waals surface area (Å²) in [6, 6.07) is 16.3. The van der Waals surface area contributed by atoms with Crippen LogP contribution < -0.4 is 5.32 Å². The maximum atomic E-state index is 12.8. The molecule has 0 radical (unpaired) electrons. The molecule has 1 N–H and O–H groups in total. The highest BCUT2D eigenvalue weighted by Crippen LogP contribution is 2.24. The molecule has 184 valence electrons. The Hall–Kier alpha value is -2.71. The molecule has 0 saturated carbocycles. The fraction of sp³-hybridized carbons (Fsp3) is 0.462. The van der Waals surface area contributed by atoms with Crippen LogP contribution in [0.1, 0.15) is 51.0 Å². The number of piperidine rings is 1. The van der Waals surface area contributed by atoms with E-state index in [1.807, 2.05) is 30.3 Å². The molecule has 1 fully saturated rings. The SMILES string of the molecule is CC1CCN(S(=O)(=O)c2ccc(NC(=O)CCCC(=O)OCCCc3ccccc3)cc2)CC1. The van der Waals surface area contributed by atoms with Crippen molar-refractivity contribution < 1.29 is 22.7 Å². The van der Waals surface area contributed by atoms with Gasteiger partial charge in [0.2, 0.25) is 15.9 Å². The van der Waals surface area contributed by atoms with E-state index in [4.69, 9.17) is 4.74 Å². The minimum atomic E-state index is -3.51. The Morgan fingerprint density at radius 3 is 2.32 bits per heavy atom. The highest BCUT2D eigenvalue weighted by atomic mass is 32.2. The Balaban J connectivity index is 1.34. The summed E-state index contributed by atoms with van der Waals surface area (Å²) in [6.07, 6.45) is 4.12. The van der Waals surface area contributed by atoms with Crippen molar-refractivity contribution in [2.45, 2.75) is 56.8 Å². The quantitative estimate of drug-likeness (QED) is 0.376. The van der Waals surface area contributed by atoms with Gasteiger partial charge in [0.1, 0.15) is 0 Å². The molecule has 0 bridgehead atoms.